The lowest BCUT2D eigenvalue weighted by Gasteiger charge is -2.37. The van der Waals surface area contributed by atoms with Crippen molar-refractivity contribution in [3.8, 4) is 0 Å². The molecule has 4 aromatic carbocycles. The molecule has 0 heterocycles. The highest BCUT2D eigenvalue weighted by molar-refractivity contribution is 6.25. The van der Waals surface area contributed by atoms with Gasteiger partial charge in [0.05, 0.1) is 0 Å². The molecule has 24 heavy (non-hydrogen) atoms. The fourth-order valence-electron chi connectivity index (χ4n) is 5.34. The van der Waals surface area contributed by atoms with Gasteiger partial charge in [-0.2, -0.15) is 0 Å². The molecule has 0 N–H and O–H groups in total. The van der Waals surface area contributed by atoms with Gasteiger partial charge in [-0.1, -0.05) is 72.8 Å². The SMILES string of the molecule is C1=CC2C=Cc3ccc4ccc5ccc6ccc1c1c6c5c4c3C12. The molecular formula is C24H14. The summed E-state index contributed by atoms with van der Waals surface area (Å²) in [5.74, 6) is 0.975. The fraction of sp³-hybridized carbons (Fsp3) is 0.0833. The Labute approximate surface area is 139 Å². The summed E-state index contributed by atoms with van der Waals surface area (Å²) in [6.45, 7) is 0. The highest BCUT2D eigenvalue weighted by Gasteiger charge is 2.36. The van der Waals surface area contributed by atoms with Crippen molar-refractivity contribution in [1.29, 1.82) is 0 Å². The first kappa shape index (κ1) is 11.6. The number of hydrogen-bond donors (Lipinski definition) is 0. The average Bonchev–Trinajstić information content (AvgIpc) is 2.65. The van der Waals surface area contributed by atoms with Crippen LogP contribution in [0.5, 0.6) is 0 Å². The van der Waals surface area contributed by atoms with Crippen molar-refractivity contribution >= 4 is 44.5 Å². The summed E-state index contributed by atoms with van der Waals surface area (Å²) in [6, 6.07) is 18.4. The van der Waals surface area contributed by atoms with Crippen molar-refractivity contribution < 1.29 is 0 Å². The predicted octanol–water partition coefficient (Wildman–Crippen LogP) is 6.26. The molecule has 3 aliphatic rings. The Morgan fingerprint density at radius 1 is 0.500 bits per heavy atom. The van der Waals surface area contributed by atoms with Gasteiger partial charge in [0.25, 0.3) is 0 Å². The quantitative estimate of drug-likeness (QED) is 0.336. The molecule has 0 saturated heterocycles. The highest BCUT2D eigenvalue weighted by Crippen LogP contribution is 2.54. The van der Waals surface area contributed by atoms with Crippen molar-refractivity contribution in [2.45, 2.75) is 5.92 Å². The van der Waals surface area contributed by atoms with Crippen LogP contribution in [0.4, 0.5) is 0 Å². The first-order valence-electron chi connectivity index (χ1n) is 8.71. The molecule has 0 heteroatoms. The van der Waals surface area contributed by atoms with Gasteiger partial charge in [-0.3, -0.25) is 0 Å². The van der Waals surface area contributed by atoms with Gasteiger partial charge in [-0.25, -0.2) is 0 Å². The molecule has 0 amide bonds. The minimum absolute atomic E-state index is 0.484. The summed E-state index contributed by atoms with van der Waals surface area (Å²) < 4.78 is 0. The van der Waals surface area contributed by atoms with Crippen molar-refractivity contribution in [2.24, 2.45) is 5.92 Å². The molecule has 0 fully saturated rings. The smallest absolute Gasteiger partial charge is 0.0212 e. The van der Waals surface area contributed by atoms with Crippen LogP contribution in [0.15, 0.2) is 60.7 Å². The molecular weight excluding hydrogens is 288 g/mol. The van der Waals surface area contributed by atoms with E-state index >= 15 is 0 Å². The fourth-order valence-corrected chi connectivity index (χ4v) is 5.34. The van der Waals surface area contributed by atoms with Gasteiger partial charge >= 0.3 is 0 Å². The summed E-state index contributed by atoms with van der Waals surface area (Å²) >= 11 is 0. The molecule has 0 nitrogen and oxygen atoms in total. The van der Waals surface area contributed by atoms with E-state index in [9.17, 15) is 0 Å². The van der Waals surface area contributed by atoms with E-state index in [1.54, 1.807) is 11.1 Å². The van der Waals surface area contributed by atoms with E-state index in [1.807, 2.05) is 0 Å². The van der Waals surface area contributed by atoms with Crippen LogP contribution in [-0.2, 0) is 0 Å². The highest BCUT2D eigenvalue weighted by atomic mass is 14.4. The second kappa shape index (κ2) is 3.62. The number of benzene rings is 4. The maximum atomic E-state index is 2.39. The molecule has 0 spiro atoms. The number of rotatable bonds is 0. The van der Waals surface area contributed by atoms with E-state index in [-0.39, 0.29) is 0 Å². The topological polar surface area (TPSA) is 0 Å². The third-order valence-electron chi connectivity index (χ3n) is 6.30. The molecule has 0 saturated carbocycles. The van der Waals surface area contributed by atoms with Gasteiger partial charge in [-0.05, 0) is 54.6 Å². The average molecular weight is 302 g/mol. The Kier molecular flexibility index (Phi) is 1.76. The second-order valence-corrected chi connectivity index (χ2v) is 7.34. The summed E-state index contributed by atoms with van der Waals surface area (Å²) in [5, 5.41) is 8.60. The molecule has 7 rings (SSSR count). The molecule has 4 aromatic rings. The van der Waals surface area contributed by atoms with Gasteiger partial charge in [0.1, 0.15) is 0 Å². The van der Waals surface area contributed by atoms with Crippen LogP contribution in [0.25, 0.3) is 44.5 Å². The standard InChI is InChI=1S/C24H14/c1-2-14-5-6-16-9-11-18-12-10-17-8-7-15-4-3-13(1)19-20(14)22(16)24(18)23(17)21(15)19/h1-13,19H. The van der Waals surface area contributed by atoms with Crippen LogP contribution in [0, 0.1) is 5.92 Å². The van der Waals surface area contributed by atoms with E-state index in [2.05, 4.69) is 72.8 Å². The van der Waals surface area contributed by atoms with Crippen LogP contribution < -0.4 is 0 Å². The van der Waals surface area contributed by atoms with Gasteiger partial charge in [0.15, 0.2) is 0 Å². The van der Waals surface area contributed by atoms with Crippen LogP contribution in [0.3, 0.4) is 0 Å². The van der Waals surface area contributed by atoms with Crippen LogP contribution >= 0.6 is 0 Å². The van der Waals surface area contributed by atoms with Gasteiger partial charge in [0.2, 0.25) is 0 Å². The Morgan fingerprint density at radius 3 is 1.50 bits per heavy atom. The normalized spacial score (nSPS) is 21.8. The van der Waals surface area contributed by atoms with Gasteiger partial charge < -0.3 is 0 Å². The van der Waals surface area contributed by atoms with Crippen molar-refractivity contribution in [2.75, 3.05) is 0 Å². The lowest BCUT2D eigenvalue weighted by molar-refractivity contribution is 0.680. The van der Waals surface area contributed by atoms with E-state index in [1.165, 1.54) is 43.4 Å². The summed E-state index contributed by atoms with van der Waals surface area (Å²) in [4.78, 5) is 0. The minimum Gasteiger partial charge on any atom is -0.0761 e. The molecule has 0 aliphatic heterocycles. The zero-order chi connectivity index (χ0) is 15.4. The van der Waals surface area contributed by atoms with Crippen molar-refractivity contribution in [3.05, 3.63) is 82.9 Å². The largest absolute Gasteiger partial charge is 0.0761 e. The van der Waals surface area contributed by atoms with Gasteiger partial charge in [-0.15, -0.1) is 0 Å². The molecule has 3 aliphatic carbocycles. The van der Waals surface area contributed by atoms with E-state index in [0.717, 1.165) is 0 Å². The Balaban J connectivity index is 1.94. The zero-order valence-electron chi connectivity index (χ0n) is 13.1. The maximum absolute atomic E-state index is 2.39. The lowest BCUT2D eigenvalue weighted by atomic mass is 9.65. The molecule has 0 aromatic heterocycles. The van der Waals surface area contributed by atoms with Gasteiger partial charge in [0, 0.05) is 11.8 Å². The van der Waals surface area contributed by atoms with E-state index < -0.39 is 0 Å². The monoisotopic (exact) mass is 302 g/mol. The Bertz CT molecular complexity index is 1200. The molecule has 110 valence electrons. The van der Waals surface area contributed by atoms with Crippen LogP contribution in [-0.4, -0.2) is 0 Å². The van der Waals surface area contributed by atoms with Crippen molar-refractivity contribution in [3.63, 3.8) is 0 Å². The second-order valence-electron chi connectivity index (χ2n) is 7.34. The third-order valence-corrected chi connectivity index (χ3v) is 6.30. The Hall–Kier alpha value is -2.86. The number of allylic oxidation sites excluding steroid dienone is 2. The van der Waals surface area contributed by atoms with E-state index in [0.29, 0.717) is 11.8 Å². The molecule has 0 atom stereocenters. The predicted molar refractivity (Wildman–Crippen MR) is 102 cm³/mol. The summed E-state index contributed by atoms with van der Waals surface area (Å²) in [6.07, 6.45) is 9.45. The molecule has 0 unspecified atom stereocenters. The lowest BCUT2D eigenvalue weighted by Crippen LogP contribution is -2.21. The summed E-state index contributed by atoms with van der Waals surface area (Å²) in [7, 11) is 0. The first-order valence-corrected chi connectivity index (χ1v) is 8.71. The Morgan fingerprint density at radius 2 is 0.958 bits per heavy atom. The van der Waals surface area contributed by atoms with E-state index in [4.69, 9.17) is 0 Å². The third kappa shape index (κ3) is 1.12. The van der Waals surface area contributed by atoms with Crippen LogP contribution in [0.2, 0.25) is 0 Å². The molecule has 0 radical (unpaired) electrons. The maximum Gasteiger partial charge on any atom is 0.0212 e. The summed E-state index contributed by atoms with van der Waals surface area (Å²) in [5.41, 5.74) is 5.93. The minimum atomic E-state index is 0.484. The zero-order valence-corrected chi connectivity index (χ0v) is 13.1. The number of hydrogen-bond acceptors (Lipinski definition) is 0. The van der Waals surface area contributed by atoms with Crippen LogP contribution in [0.1, 0.15) is 28.2 Å². The van der Waals surface area contributed by atoms with Crippen molar-refractivity contribution in [1.82, 2.24) is 0 Å². The first-order chi connectivity index (χ1) is 11.9. The molecule has 0 bridgehead atoms.